The zero-order chi connectivity index (χ0) is 21.1. The Morgan fingerprint density at radius 3 is 2.43 bits per heavy atom. The average Bonchev–Trinajstić information content (AvgIpc) is 2.78. The Bertz CT molecular complexity index is 1040. The predicted molar refractivity (Wildman–Crippen MR) is 113 cm³/mol. The van der Waals surface area contributed by atoms with E-state index in [-0.39, 0.29) is 12.5 Å². The number of hydrogen-bond donors (Lipinski definition) is 0. The van der Waals surface area contributed by atoms with Gasteiger partial charge in [0.1, 0.15) is 0 Å². The first-order valence-electron chi connectivity index (χ1n) is 10.1. The number of nitrogens with zero attached hydrogens (tertiary/aromatic N) is 2. The van der Waals surface area contributed by atoms with Gasteiger partial charge in [0, 0.05) is 18.9 Å². The molecule has 2 unspecified atom stereocenters. The third-order valence-electron chi connectivity index (χ3n) is 5.62. The van der Waals surface area contributed by atoms with E-state index in [0.29, 0.717) is 12.1 Å². The van der Waals surface area contributed by atoms with Gasteiger partial charge in [-0.15, -0.1) is 0 Å². The minimum atomic E-state index is -1.44. The van der Waals surface area contributed by atoms with Gasteiger partial charge in [-0.2, -0.15) is 0 Å². The SMILES string of the molecule is CCOC(=O)C1(c2cccnc2)C(=O)N(Cc2ccccc2)C1c1ccc(C)cc1. The Morgan fingerprint density at radius 1 is 1.07 bits per heavy atom. The smallest absolute Gasteiger partial charge is 0.328 e. The minimum Gasteiger partial charge on any atom is -0.465 e. The van der Waals surface area contributed by atoms with Crippen molar-refractivity contribution < 1.29 is 14.3 Å². The maximum absolute atomic E-state index is 13.7. The van der Waals surface area contributed by atoms with Gasteiger partial charge in [0.15, 0.2) is 5.41 Å². The van der Waals surface area contributed by atoms with Crippen LogP contribution < -0.4 is 0 Å². The fourth-order valence-corrected chi connectivity index (χ4v) is 4.19. The number of likely N-dealkylation sites (tertiary alicyclic amines) is 1. The van der Waals surface area contributed by atoms with E-state index in [1.165, 1.54) is 0 Å². The molecule has 2 aromatic carbocycles. The van der Waals surface area contributed by atoms with E-state index in [1.807, 2.05) is 61.5 Å². The number of aryl methyl sites for hydroxylation is 1. The lowest BCUT2D eigenvalue weighted by atomic mass is 9.63. The number of esters is 1. The summed E-state index contributed by atoms with van der Waals surface area (Å²) in [6.07, 6.45) is 3.23. The predicted octanol–water partition coefficient (Wildman–Crippen LogP) is 3.97. The Kier molecular flexibility index (Phi) is 5.36. The van der Waals surface area contributed by atoms with Crippen LogP contribution in [-0.4, -0.2) is 28.4 Å². The molecule has 1 aliphatic heterocycles. The molecule has 4 rings (SSSR count). The van der Waals surface area contributed by atoms with Crippen molar-refractivity contribution in [2.24, 2.45) is 0 Å². The van der Waals surface area contributed by atoms with Crippen LogP contribution in [0, 0.1) is 6.92 Å². The van der Waals surface area contributed by atoms with E-state index >= 15 is 0 Å². The van der Waals surface area contributed by atoms with Crippen LogP contribution in [0.1, 0.15) is 35.2 Å². The number of hydrogen-bond acceptors (Lipinski definition) is 4. The van der Waals surface area contributed by atoms with Crippen molar-refractivity contribution in [2.75, 3.05) is 6.61 Å². The Hall–Kier alpha value is -3.47. The molecule has 0 spiro atoms. The zero-order valence-corrected chi connectivity index (χ0v) is 17.1. The number of β-lactam (4-membered cyclic amide) rings is 1. The van der Waals surface area contributed by atoms with E-state index in [9.17, 15) is 9.59 Å². The highest BCUT2D eigenvalue weighted by atomic mass is 16.5. The molecule has 1 aliphatic rings. The first-order chi connectivity index (χ1) is 14.6. The Labute approximate surface area is 176 Å². The summed E-state index contributed by atoms with van der Waals surface area (Å²) in [5.41, 5.74) is 2.14. The number of aromatic nitrogens is 1. The summed E-state index contributed by atoms with van der Waals surface area (Å²) >= 11 is 0. The largest absolute Gasteiger partial charge is 0.465 e. The summed E-state index contributed by atoms with van der Waals surface area (Å²) < 4.78 is 5.43. The van der Waals surface area contributed by atoms with Gasteiger partial charge in [-0.05, 0) is 36.6 Å². The van der Waals surface area contributed by atoms with Gasteiger partial charge in [-0.25, -0.2) is 0 Å². The van der Waals surface area contributed by atoms with Gasteiger partial charge in [0.05, 0.1) is 12.6 Å². The fraction of sp³-hybridized carbons (Fsp3) is 0.240. The van der Waals surface area contributed by atoms with Crippen molar-refractivity contribution in [3.05, 3.63) is 101 Å². The molecule has 1 fully saturated rings. The van der Waals surface area contributed by atoms with Crippen LogP contribution >= 0.6 is 0 Å². The molecule has 2 atom stereocenters. The third kappa shape index (κ3) is 3.16. The van der Waals surface area contributed by atoms with Gasteiger partial charge in [0.2, 0.25) is 5.91 Å². The highest BCUT2D eigenvalue weighted by Gasteiger charge is 2.68. The van der Waals surface area contributed by atoms with Crippen LogP contribution in [-0.2, 0) is 26.3 Å². The minimum absolute atomic E-state index is 0.202. The number of amides is 1. The van der Waals surface area contributed by atoms with Crippen molar-refractivity contribution in [1.82, 2.24) is 9.88 Å². The van der Waals surface area contributed by atoms with Gasteiger partial charge < -0.3 is 9.64 Å². The van der Waals surface area contributed by atoms with Crippen LogP contribution in [0.3, 0.4) is 0 Å². The Balaban J connectivity index is 1.85. The standard InChI is InChI=1S/C25H24N2O3/c1-3-30-24(29)25(21-10-7-15-26-16-21)22(20-13-11-18(2)12-14-20)27(23(25)28)17-19-8-5-4-6-9-19/h4-16,22H,3,17H2,1-2H3. The van der Waals surface area contributed by atoms with Gasteiger partial charge in [-0.1, -0.05) is 66.2 Å². The average molecular weight is 400 g/mol. The number of pyridine rings is 1. The molecule has 30 heavy (non-hydrogen) atoms. The molecule has 0 aliphatic carbocycles. The summed E-state index contributed by atoms with van der Waals surface area (Å²) in [6, 6.07) is 20.8. The van der Waals surface area contributed by atoms with E-state index in [1.54, 1.807) is 36.4 Å². The van der Waals surface area contributed by atoms with Crippen molar-refractivity contribution in [3.63, 3.8) is 0 Å². The summed E-state index contributed by atoms with van der Waals surface area (Å²) in [5.74, 6) is -0.790. The Morgan fingerprint density at radius 2 is 1.80 bits per heavy atom. The maximum atomic E-state index is 13.7. The monoisotopic (exact) mass is 400 g/mol. The summed E-state index contributed by atoms with van der Waals surface area (Å²) in [5, 5.41) is 0. The first kappa shape index (κ1) is 19.8. The number of carbonyl (C=O) groups is 2. The molecular formula is C25H24N2O3. The third-order valence-corrected chi connectivity index (χ3v) is 5.62. The second-order valence-corrected chi connectivity index (χ2v) is 7.50. The molecule has 3 aromatic rings. The number of ether oxygens (including phenoxy) is 1. The van der Waals surface area contributed by atoms with Crippen LogP contribution in [0.5, 0.6) is 0 Å². The van der Waals surface area contributed by atoms with Crippen LogP contribution in [0.2, 0.25) is 0 Å². The molecular weight excluding hydrogens is 376 g/mol. The van der Waals surface area contributed by atoms with E-state index in [4.69, 9.17) is 4.74 Å². The molecule has 2 heterocycles. The van der Waals surface area contributed by atoms with Crippen LogP contribution in [0.4, 0.5) is 0 Å². The van der Waals surface area contributed by atoms with Gasteiger partial charge in [0.25, 0.3) is 0 Å². The lowest BCUT2D eigenvalue weighted by molar-refractivity contribution is -0.180. The molecule has 152 valence electrons. The maximum Gasteiger partial charge on any atom is 0.328 e. The molecule has 5 heteroatoms. The van der Waals surface area contributed by atoms with E-state index in [2.05, 4.69) is 4.98 Å². The summed E-state index contributed by atoms with van der Waals surface area (Å²) in [6.45, 7) is 4.38. The fourth-order valence-electron chi connectivity index (χ4n) is 4.19. The molecule has 1 aromatic heterocycles. The lowest BCUT2D eigenvalue weighted by Crippen LogP contribution is -2.69. The molecule has 1 saturated heterocycles. The van der Waals surface area contributed by atoms with Crippen LogP contribution in [0.15, 0.2) is 79.1 Å². The number of carbonyl (C=O) groups excluding carboxylic acids is 2. The zero-order valence-electron chi connectivity index (χ0n) is 17.1. The summed E-state index contributed by atoms with van der Waals surface area (Å²) in [4.78, 5) is 32.9. The quantitative estimate of drug-likeness (QED) is 0.357. The highest BCUT2D eigenvalue weighted by Crippen LogP contribution is 2.53. The van der Waals surface area contributed by atoms with Gasteiger partial charge in [-0.3, -0.25) is 14.6 Å². The normalized spacial score (nSPS) is 20.5. The van der Waals surface area contributed by atoms with Crippen molar-refractivity contribution >= 4 is 11.9 Å². The molecule has 0 N–H and O–H groups in total. The van der Waals surface area contributed by atoms with E-state index in [0.717, 1.165) is 16.7 Å². The molecule has 0 saturated carbocycles. The molecule has 0 bridgehead atoms. The van der Waals surface area contributed by atoms with E-state index < -0.39 is 17.4 Å². The van der Waals surface area contributed by atoms with Crippen molar-refractivity contribution in [2.45, 2.75) is 31.8 Å². The van der Waals surface area contributed by atoms with Gasteiger partial charge >= 0.3 is 5.97 Å². The lowest BCUT2D eigenvalue weighted by Gasteiger charge is -2.54. The molecule has 5 nitrogen and oxygen atoms in total. The second-order valence-electron chi connectivity index (χ2n) is 7.50. The highest BCUT2D eigenvalue weighted by molar-refractivity contribution is 6.14. The molecule has 1 amide bonds. The van der Waals surface area contributed by atoms with Crippen LogP contribution in [0.25, 0.3) is 0 Å². The van der Waals surface area contributed by atoms with Crippen molar-refractivity contribution in [1.29, 1.82) is 0 Å². The number of rotatable bonds is 6. The molecule has 0 radical (unpaired) electrons. The number of benzene rings is 2. The topological polar surface area (TPSA) is 59.5 Å². The van der Waals surface area contributed by atoms with Crippen molar-refractivity contribution in [3.8, 4) is 0 Å². The second kappa shape index (κ2) is 8.11. The summed E-state index contributed by atoms with van der Waals surface area (Å²) in [7, 11) is 0. The first-order valence-corrected chi connectivity index (χ1v) is 10.1.